The quantitative estimate of drug-likeness (QED) is 0.574. The van der Waals surface area contributed by atoms with Gasteiger partial charge in [-0.2, -0.15) is 0 Å². The zero-order valence-electron chi connectivity index (χ0n) is 7.99. The predicted molar refractivity (Wildman–Crippen MR) is 54.1 cm³/mol. The van der Waals surface area contributed by atoms with Crippen molar-refractivity contribution in [2.24, 2.45) is 10.7 Å². The van der Waals surface area contributed by atoms with E-state index in [4.69, 9.17) is 15.2 Å². The summed E-state index contributed by atoms with van der Waals surface area (Å²) in [4.78, 5) is 4.21. The third-order valence-electron chi connectivity index (χ3n) is 1.99. The van der Waals surface area contributed by atoms with E-state index in [2.05, 4.69) is 4.99 Å². The van der Waals surface area contributed by atoms with Crippen molar-refractivity contribution in [3.63, 3.8) is 0 Å². The average molecular weight is 192 g/mol. The molecule has 0 saturated heterocycles. The zero-order valence-corrected chi connectivity index (χ0v) is 7.99. The van der Waals surface area contributed by atoms with Gasteiger partial charge in [0, 0.05) is 12.5 Å². The smallest absolute Gasteiger partial charge is 0.231 e. The molecule has 1 heterocycles. The summed E-state index contributed by atoms with van der Waals surface area (Å²) in [7, 11) is 0. The second-order valence-electron chi connectivity index (χ2n) is 2.99. The van der Waals surface area contributed by atoms with Gasteiger partial charge in [0.15, 0.2) is 11.5 Å². The monoisotopic (exact) mass is 192 g/mol. The minimum atomic E-state index is 0.283. The Labute approximate surface area is 82.3 Å². The van der Waals surface area contributed by atoms with Gasteiger partial charge in [0.05, 0.1) is 11.5 Å². The summed E-state index contributed by atoms with van der Waals surface area (Å²) in [6.45, 7) is 2.25. The van der Waals surface area contributed by atoms with Crippen molar-refractivity contribution in [2.45, 2.75) is 13.3 Å². The van der Waals surface area contributed by atoms with Gasteiger partial charge in [-0.1, -0.05) is 6.92 Å². The molecule has 74 valence electrons. The van der Waals surface area contributed by atoms with E-state index >= 15 is 0 Å². The SMILES string of the molecule is CCC(N)=Nc1ccc2c(c1)OCO2. The number of benzene rings is 1. The van der Waals surface area contributed by atoms with Crippen LogP contribution in [-0.4, -0.2) is 12.6 Å². The Morgan fingerprint density at radius 2 is 2.21 bits per heavy atom. The molecule has 0 fully saturated rings. The van der Waals surface area contributed by atoms with Gasteiger partial charge in [0.2, 0.25) is 6.79 Å². The Morgan fingerprint density at radius 1 is 1.43 bits per heavy atom. The number of nitrogens with zero attached hydrogens (tertiary/aromatic N) is 1. The average Bonchev–Trinajstić information content (AvgIpc) is 2.64. The lowest BCUT2D eigenvalue weighted by Gasteiger charge is -1.99. The molecule has 4 heteroatoms. The molecule has 0 saturated carbocycles. The summed E-state index contributed by atoms with van der Waals surface area (Å²) in [6, 6.07) is 5.52. The van der Waals surface area contributed by atoms with E-state index in [0.29, 0.717) is 5.84 Å². The van der Waals surface area contributed by atoms with Gasteiger partial charge < -0.3 is 15.2 Å². The summed E-state index contributed by atoms with van der Waals surface area (Å²) in [5.41, 5.74) is 6.43. The molecule has 0 spiro atoms. The van der Waals surface area contributed by atoms with Crippen molar-refractivity contribution < 1.29 is 9.47 Å². The van der Waals surface area contributed by atoms with Gasteiger partial charge in [-0.15, -0.1) is 0 Å². The van der Waals surface area contributed by atoms with Crippen LogP contribution in [0, 0.1) is 0 Å². The molecule has 1 aliphatic heterocycles. The van der Waals surface area contributed by atoms with Crippen LogP contribution in [0.5, 0.6) is 11.5 Å². The van der Waals surface area contributed by atoms with Crippen LogP contribution >= 0.6 is 0 Å². The van der Waals surface area contributed by atoms with E-state index in [1.807, 2.05) is 25.1 Å². The lowest BCUT2D eigenvalue weighted by Crippen LogP contribution is -2.08. The van der Waals surface area contributed by atoms with Gasteiger partial charge in [-0.3, -0.25) is 0 Å². The van der Waals surface area contributed by atoms with Crippen LogP contribution in [0.3, 0.4) is 0 Å². The van der Waals surface area contributed by atoms with Crippen LogP contribution in [0.4, 0.5) is 5.69 Å². The highest BCUT2D eigenvalue weighted by Crippen LogP contribution is 2.35. The molecule has 0 amide bonds. The Balaban J connectivity index is 2.29. The number of ether oxygens (including phenoxy) is 2. The molecule has 1 aromatic carbocycles. The van der Waals surface area contributed by atoms with E-state index in [-0.39, 0.29) is 6.79 Å². The summed E-state index contributed by atoms with van der Waals surface area (Å²) >= 11 is 0. The maximum atomic E-state index is 5.63. The maximum Gasteiger partial charge on any atom is 0.231 e. The summed E-state index contributed by atoms with van der Waals surface area (Å²) in [5, 5.41) is 0. The van der Waals surface area contributed by atoms with Gasteiger partial charge in [0.1, 0.15) is 0 Å². The van der Waals surface area contributed by atoms with Crippen molar-refractivity contribution in [2.75, 3.05) is 6.79 Å². The third-order valence-corrected chi connectivity index (χ3v) is 1.99. The standard InChI is InChI=1S/C10H12N2O2/c1-2-10(11)12-7-3-4-8-9(5-7)14-6-13-8/h3-5H,2,6H2,1H3,(H2,11,12). The number of rotatable bonds is 2. The van der Waals surface area contributed by atoms with Crippen molar-refractivity contribution in [3.8, 4) is 11.5 Å². The topological polar surface area (TPSA) is 56.8 Å². The number of hydrogen-bond donors (Lipinski definition) is 1. The first kappa shape index (κ1) is 8.87. The van der Waals surface area contributed by atoms with Crippen LogP contribution in [0.25, 0.3) is 0 Å². The largest absolute Gasteiger partial charge is 0.454 e. The van der Waals surface area contributed by atoms with Crippen molar-refractivity contribution in [1.29, 1.82) is 0 Å². The van der Waals surface area contributed by atoms with Gasteiger partial charge in [-0.25, -0.2) is 4.99 Å². The summed E-state index contributed by atoms with van der Waals surface area (Å²) < 4.78 is 10.4. The first-order valence-electron chi connectivity index (χ1n) is 4.52. The van der Waals surface area contributed by atoms with E-state index in [0.717, 1.165) is 23.6 Å². The second kappa shape index (κ2) is 3.57. The van der Waals surface area contributed by atoms with Crippen molar-refractivity contribution in [3.05, 3.63) is 18.2 Å². The molecular formula is C10H12N2O2. The molecular weight excluding hydrogens is 180 g/mol. The minimum Gasteiger partial charge on any atom is -0.454 e. The van der Waals surface area contributed by atoms with Crippen molar-refractivity contribution in [1.82, 2.24) is 0 Å². The van der Waals surface area contributed by atoms with Crippen molar-refractivity contribution >= 4 is 11.5 Å². The highest BCUT2D eigenvalue weighted by atomic mass is 16.7. The van der Waals surface area contributed by atoms with Crippen LogP contribution in [-0.2, 0) is 0 Å². The molecule has 14 heavy (non-hydrogen) atoms. The molecule has 0 unspecified atom stereocenters. The molecule has 0 aliphatic carbocycles. The molecule has 2 N–H and O–H groups in total. The number of amidine groups is 1. The maximum absolute atomic E-state index is 5.63. The predicted octanol–water partition coefficient (Wildman–Crippen LogP) is 1.81. The second-order valence-corrected chi connectivity index (χ2v) is 2.99. The molecule has 0 radical (unpaired) electrons. The van der Waals surface area contributed by atoms with E-state index in [1.54, 1.807) is 0 Å². The molecule has 1 aromatic rings. The van der Waals surface area contributed by atoms with Gasteiger partial charge in [-0.05, 0) is 12.1 Å². The summed E-state index contributed by atoms with van der Waals surface area (Å²) in [5.74, 6) is 2.11. The highest BCUT2D eigenvalue weighted by Gasteiger charge is 2.12. The molecule has 0 bridgehead atoms. The number of nitrogens with two attached hydrogens (primary N) is 1. The Bertz CT molecular complexity index is 374. The van der Waals surface area contributed by atoms with Gasteiger partial charge >= 0.3 is 0 Å². The Kier molecular flexibility index (Phi) is 2.26. The van der Waals surface area contributed by atoms with E-state index in [1.165, 1.54) is 0 Å². The number of fused-ring (bicyclic) bond motifs is 1. The summed E-state index contributed by atoms with van der Waals surface area (Å²) in [6.07, 6.45) is 0.744. The number of aliphatic imine (C=N–C) groups is 1. The molecule has 1 aliphatic rings. The lowest BCUT2D eigenvalue weighted by atomic mass is 10.3. The zero-order chi connectivity index (χ0) is 9.97. The van der Waals surface area contributed by atoms with Crippen LogP contribution in [0.15, 0.2) is 23.2 Å². The molecule has 0 aromatic heterocycles. The first-order chi connectivity index (χ1) is 6.79. The minimum absolute atomic E-state index is 0.283. The first-order valence-corrected chi connectivity index (χ1v) is 4.52. The number of hydrogen-bond acceptors (Lipinski definition) is 3. The van der Waals surface area contributed by atoms with Crippen LogP contribution in [0.1, 0.15) is 13.3 Å². The Hall–Kier alpha value is -1.71. The molecule has 4 nitrogen and oxygen atoms in total. The van der Waals surface area contributed by atoms with Crippen LogP contribution < -0.4 is 15.2 Å². The van der Waals surface area contributed by atoms with E-state index < -0.39 is 0 Å². The molecule has 2 rings (SSSR count). The third kappa shape index (κ3) is 1.64. The normalized spacial score (nSPS) is 14.5. The van der Waals surface area contributed by atoms with E-state index in [9.17, 15) is 0 Å². The fourth-order valence-electron chi connectivity index (χ4n) is 1.20. The fraction of sp³-hybridized carbons (Fsp3) is 0.300. The Morgan fingerprint density at radius 3 is 3.00 bits per heavy atom. The highest BCUT2D eigenvalue weighted by molar-refractivity contribution is 5.83. The van der Waals surface area contributed by atoms with Crippen LogP contribution in [0.2, 0.25) is 0 Å². The lowest BCUT2D eigenvalue weighted by molar-refractivity contribution is 0.174. The fourth-order valence-corrected chi connectivity index (χ4v) is 1.20. The van der Waals surface area contributed by atoms with Gasteiger partial charge in [0.25, 0.3) is 0 Å². The molecule has 0 atom stereocenters.